The number of carbonyl (C=O) groups excluding carboxylic acids is 1. The second-order valence-electron chi connectivity index (χ2n) is 8.31. The average Bonchev–Trinajstić information content (AvgIpc) is 3.32. The highest BCUT2D eigenvalue weighted by molar-refractivity contribution is 14.0. The SMILES string of the molecule is CCNC(=NCC(=O)N1CCN(c2ccccc2)CC1)NC1CCN(c2ccccc2)C1.I. The molecule has 2 aliphatic heterocycles. The molecular formula is C25H35IN6O. The quantitative estimate of drug-likeness (QED) is 0.322. The van der Waals surface area contributed by atoms with Gasteiger partial charge >= 0.3 is 0 Å². The van der Waals surface area contributed by atoms with Gasteiger partial charge in [0.25, 0.3) is 0 Å². The van der Waals surface area contributed by atoms with Crippen LogP contribution in [0.2, 0.25) is 0 Å². The fourth-order valence-corrected chi connectivity index (χ4v) is 4.36. The molecule has 0 bridgehead atoms. The largest absolute Gasteiger partial charge is 0.369 e. The summed E-state index contributed by atoms with van der Waals surface area (Å²) in [4.78, 5) is 24.0. The third kappa shape index (κ3) is 6.99. The van der Waals surface area contributed by atoms with E-state index in [2.05, 4.69) is 74.0 Å². The van der Waals surface area contributed by atoms with Crippen LogP contribution in [0.15, 0.2) is 65.7 Å². The fourth-order valence-electron chi connectivity index (χ4n) is 4.36. The van der Waals surface area contributed by atoms with Crippen LogP contribution >= 0.6 is 24.0 Å². The summed E-state index contributed by atoms with van der Waals surface area (Å²) in [5.41, 5.74) is 2.47. The van der Waals surface area contributed by atoms with Crippen molar-refractivity contribution in [2.24, 2.45) is 4.99 Å². The molecule has 2 saturated heterocycles. The summed E-state index contributed by atoms with van der Waals surface area (Å²) in [5.74, 6) is 0.816. The number of guanidine groups is 1. The summed E-state index contributed by atoms with van der Waals surface area (Å²) in [6, 6.07) is 21.2. The van der Waals surface area contributed by atoms with E-state index in [9.17, 15) is 4.79 Å². The number of aliphatic imine (C=N–C) groups is 1. The second kappa shape index (κ2) is 12.7. The van der Waals surface area contributed by atoms with E-state index in [1.54, 1.807) is 0 Å². The number of amides is 1. The van der Waals surface area contributed by atoms with Gasteiger partial charge in [-0.15, -0.1) is 24.0 Å². The van der Waals surface area contributed by atoms with Crippen LogP contribution in [0.4, 0.5) is 11.4 Å². The smallest absolute Gasteiger partial charge is 0.244 e. The van der Waals surface area contributed by atoms with Crippen LogP contribution in [0.3, 0.4) is 0 Å². The second-order valence-corrected chi connectivity index (χ2v) is 8.31. The van der Waals surface area contributed by atoms with E-state index in [-0.39, 0.29) is 36.4 Å². The number of carbonyl (C=O) groups is 1. The number of halogens is 1. The molecule has 4 rings (SSSR count). The Morgan fingerprint density at radius 2 is 1.52 bits per heavy atom. The van der Waals surface area contributed by atoms with E-state index in [1.165, 1.54) is 11.4 Å². The molecule has 0 aliphatic carbocycles. The van der Waals surface area contributed by atoms with E-state index in [0.29, 0.717) is 6.04 Å². The summed E-state index contributed by atoms with van der Waals surface area (Å²) < 4.78 is 0. The van der Waals surface area contributed by atoms with E-state index in [1.807, 2.05) is 24.0 Å². The molecular weight excluding hydrogens is 527 g/mol. The van der Waals surface area contributed by atoms with Gasteiger partial charge in [0.15, 0.2) is 5.96 Å². The number of para-hydroxylation sites is 2. The number of nitrogens with one attached hydrogen (secondary N) is 2. The topological polar surface area (TPSA) is 63.2 Å². The van der Waals surface area contributed by atoms with Crippen molar-refractivity contribution in [3.8, 4) is 0 Å². The molecule has 7 nitrogen and oxygen atoms in total. The first-order chi connectivity index (χ1) is 15.7. The van der Waals surface area contributed by atoms with Crippen LogP contribution in [-0.2, 0) is 4.79 Å². The van der Waals surface area contributed by atoms with Crippen molar-refractivity contribution >= 4 is 47.2 Å². The van der Waals surface area contributed by atoms with Crippen LogP contribution in [-0.4, -0.2) is 75.2 Å². The Labute approximate surface area is 214 Å². The van der Waals surface area contributed by atoms with Gasteiger partial charge in [-0.1, -0.05) is 36.4 Å². The summed E-state index contributed by atoms with van der Waals surface area (Å²) >= 11 is 0. The van der Waals surface area contributed by atoms with Crippen LogP contribution in [0, 0.1) is 0 Å². The lowest BCUT2D eigenvalue weighted by atomic mass is 10.2. The van der Waals surface area contributed by atoms with E-state index in [4.69, 9.17) is 0 Å². The number of rotatable bonds is 6. The van der Waals surface area contributed by atoms with Gasteiger partial charge in [-0.25, -0.2) is 4.99 Å². The van der Waals surface area contributed by atoms with Crippen molar-refractivity contribution in [1.82, 2.24) is 15.5 Å². The highest BCUT2D eigenvalue weighted by atomic mass is 127. The molecule has 1 amide bonds. The Kier molecular flexibility index (Phi) is 9.65. The molecule has 2 aliphatic rings. The van der Waals surface area contributed by atoms with E-state index < -0.39 is 0 Å². The number of benzene rings is 2. The normalized spacial score (nSPS) is 18.6. The van der Waals surface area contributed by atoms with Crippen LogP contribution in [0.1, 0.15) is 13.3 Å². The van der Waals surface area contributed by atoms with E-state index in [0.717, 1.165) is 58.2 Å². The molecule has 1 unspecified atom stereocenters. The minimum atomic E-state index is 0. The van der Waals surface area contributed by atoms with Crippen molar-refractivity contribution in [2.75, 3.05) is 62.2 Å². The first-order valence-corrected chi connectivity index (χ1v) is 11.7. The minimum Gasteiger partial charge on any atom is -0.369 e. The third-order valence-electron chi connectivity index (χ3n) is 6.12. The Morgan fingerprint density at radius 1 is 0.909 bits per heavy atom. The summed E-state index contributed by atoms with van der Waals surface area (Å²) in [6.45, 7) is 8.14. The number of piperazine rings is 1. The minimum absolute atomic E-state index is 0. The first kappa shape index (κ1) is 25.1. The molecule has 33 heavy (non-hydrogen) atoms. The van der Waals surface area contributed by atoms with Gasteiger partial charge < -0.3 is 25.3 Å². The van der Waals surface area contributed by atoms with Crippen LogP contribution in [0.5, 0.6) is 0 Å². The van der Waals surface area contributed by atoms with Gasteiger partial charge in [-0.2, -0.15) is 0 Å². The average molecular weight is 563 g/mol. The molecule has 8 heteroatoms. The number of hydrogen-bond acceptors (Lipinski definition) is 4. The molecule has 1 atom stereocenters. The Balaban J connectivity index is 0.00000306. The summed E-state index contributed by atoms with van der Waals surface area (Å²) in [7, 11) is 0. The third-order valence-corrected chi connectivity index (χ3v) is 6.12. The summed E-state index contributed by atoms with van der Waals surface area (Å²) in [5, 5.41) is 6.81. The fraction of sp³-hybridized carbons (Fsp3) is 0.440. The number of anilines is 2. The maximum Gasteiger partial charge on any atom is 0.244 e. The number of nitrogens with zero attached hydrogens (tertiary/aromatic N) is 4. The Morgan fingerprint density at radius 3 is 2.12 bits per heavy atom. The maximum absolute atomic E-state index is 12.8. The highest BCUT2D eigenvalue weighted by Gasteiger charge is 2.24. The predicted molar refractivity (Wildman–Crippen MR) is 147 cm³/mol. The molecule has 178 valence electrons. The van der Waals surface area contributed by atoms with Gasteiger partial charge in [0, 0.05) is 63.2 Å². The molecule has 0 spiro atoms. The van der Waals surface area contributed by atoms with Crippen molar-refractivity contribution < 1.29 is 4.79 Å². The van der Waals surface area contributed by atoms with Crippen molar-refractivity contribution in [3.63, 3.8) is 0 Å². The summed E-state index contributed by atoms with van der Waals surface area (Å²) in [6.07, 6.45) is 1.05. The maximum atomic E-state index is 12.8. The van der Waals surface area contributed by atoms with Gasteiger partial charge in [-0.05, 0) is 37.6 Å². The lowest BCUT2D eigenvalue weighted by molar-refractivity contribution is -0.129. The van der Waals surface area contributed by atoms with Crippen LogP contribution in [0.25, 0.3) is 0 Å². The first-order valence-electron chi connectivity index (χ1n) is 11.7. The standard InChI is InChI=1S/C25H34N6O.HI/c1-2-26-25(28-21-13-14-31(20-21)23-11-7-4-8-12-23)27-19-24(32)30-17-15-29(16-18-30)22-9-5-3-6-10-22;/h3-12,21H,2,13-20H2,1H3,(H2,26,27,28);1H. The molecule has 0 radical (unpaired) electrons. The van der Waals surface area contributed by atoms with Gasteiger partial charge in [0.2, 0.25) is 5.91 Å². The highest BCUT2D eigenvalue weighted by Crippen LogP contribution is 2.19. The lowest BCUT2D eigenvalue weighted by Crippen LogP contribution is -2.50. The molecule has 2 heterocycles. The van der Waals surface area contributed by atoms with Gasteiger partial charge in [0.1, 0.15) is 6.54 Å². The zero-order valence-electron chi connectivity index (χ0n) is 19.3. The molecule has 0 aromatic heterocycles. The molecule has 2 aromatic carbocycles. The Hall–Kier alpha value is -2.49. The monoisotopic (exact) mass is 562 g/mol. The zero-order chi connectivity index (χ0) is 22.2. The van der Waals surface area contributed by atoms with E-state index >= 15 is 0 Å². The molecule has 0 saturated carbocycles. The molecule has 2 fully saturated rings. The van der Waals surface area contributed by atoms with Gasteiger partial charge in [-0.3, -0.25) is 4.79 Å². The predicted octanol–water partition coefficient (Wildman–Crippen LogP) is 2.79. The van der Waals surface area contributed by atoms with Crippen LogP contribution < -0.4 is 20.4 Å². The van der Waals surface area contributed by atoms with Gasteiger partial charge in [0.05, 0.1) is 0 Å². The lowest BCUT2D eigenvalue weighted by Gasteiger charge is -2.36. The van der Waals surface area contributed by atoms with Crippen molar-refractivity contribution in [2.45, 2.75) is 19.4 Å². The number of hydrogen-bond donors (Lipinski definition) is 2. The van der Waals surface area contributed by atoms with Crippen molar-refractivity contribution in [3.05, 3.63) is 60.7 Å². The Bertz CT molecular complexity index is 886. The molecule has 2 aromatic rings. The zero-order valence-corrected chi connectivity index (χ0v) is 21.7. The van der Waals surface area contributed by atoms with Crippen molar-refractivity contribution in [1.29, 1.82) is 0 Å². The molecule has 2 N–H and O–H groups in total.